The molecule has 0 N–H and O–H groups in total. The molecule has 3 heteroatoms. The molecule has 3 rings (SSSR count). The van der Waals surface area contributed by atoms with Crippen molar-refractivity contribution in [3.05, 3.63) is 63.6 Å². The Morgan fingerprint density at radius 2 is 1.84 bits per heavy atom. The molecule has 0 saturated heterocycles. The van der Waals surface area contributed by atoms with Crippen LogP contribution in [0, 0.1) is 0 Å². The smallest absolute Gasteiger partial charge is 0.0432 e. The second kappa shape index (κ2) is 5.68. The van der Waals surface area contributed by atoms with E-state index >= 15 is 0 Å². The van der Waals surface area contributed by atoms with Crippen molar-refractivity contribution < 1.29 is 0 Å². The number of fused-ring (bicyclic) bond motifs is 1. The van der Waals surface area contributed by atoms with Crippen molar-refractivity contribution >= 4 is 37.5 Å². The summed E-state index contributed by atoms with van der Waals surface area (Å²) in [6, 6.07) is 15.3. The zero-order valence-corrected chi connectivity index (χ0v) is 13.7. The zero-order chi connectivity index (χ0) is 13.2. The maximum absolute atomic E-state index is 3.59. The van der Waals surface area contributed by atoms with Crippen molar-refractivity contribution in [3.8, 4) is 0 Å². The Morgan fingerprint density at radius 3 is 2.63 bits per heavy atom. The molecule has 19 heavy (non-hydrogen) atoms. The maximum atomic E-state index is 3.59. The first kappa shape index (κ1) is 13.2. The van der Waals surface area contributed by atoms with Crippen LogP contribution in [0.5, 0.6) is 0 Å². The minimum atomic E-state index is 0.897. The quantitative estimate of drug-likeness (QED) is 0.669. The first-order valence-corrected chi connectivity index (χ1v) is 8.35. The minimum Gasteiger partial charge on any atom is -0.367 e. The van der Waals surface area contributed by atoms with E-state index in [9.17, 15) is 0 Å². The molecule has 1 heterocycles. The third-order valence-electron chi connectivity index (χ3n) is 3.66. The lowest BCUT2D eigenvalue weighted by atomic mass is 9.99. The van der Waals surface area contributed by atoms with Gasteiger partial charge in [0.2, 0.25) is 0 Å². The molecule has 0 aliphatic carbocycles. The summed E-state index contributed by atoms with van der Waals surface area (Å²) in [6.07, 6.45) is 1.13. The lowest BCUT2D eigenvalue weighted by molar-refractivity contribution is 0.729. The molecule has 1 aliphatic heterocycles. The van der Waals surface area contributed by atoms with Gasteiger partial charge in [-0.15, -0.1) is 0 Å². The number of nitrogens with zero attached hydrogens (tertiary/aromatic N) is 1. The summed E-state index contributed by atoms with van der Waals surface area (Å²) in [5.41, 5.74) is 5.63. The van der Waals surface area contributed by atoms with Crippen LogP contribution in [0.4, 0.5) is 5.69 Å². The van der Waals surface area contributed by atoms with Gasteiger partial charge >= 0.3 is 0 Å². The molecule has 98 valence electrons. The number of benzene rings is 2. The predicted octanol–water partition coefficient (Wildman–Crippen LogP) is 4.91. The highest BCUT2D eigenvalue weighted by Crippen LogP contribution is 2.31. The van der Waals surface area contributed by atoms with Gasteiger partial charge < -0.3 is 4.90 Å². The lowest BCUT2D eigenvalue weighted by Crippen LogP contribution is -2.30. The van der Waals surface area contributed by atoms with Gasteiger partial charge in [-0.1, -0.05) is 62.2 Å². The van der Waals surface area contributed by atoms with Crippen LogP contribution in [-0.4, -0.2) is 6.54 Å². The first-order valence-electron chi connectivity index (χ1n) is 6.44. The highest BCUT2D eigenvalue weighted by Gasteiger charge is 2.18. The van der Waals surface area contributed by atoms with Crippen molar-refractivity contribution in [3.63, 3.8) is 0 Å². The van der Waals surface area contributed by atoms with E-state index in [2.05, 4.69) is 79.2 Å². The van der Waals surface area contributed by atoms with Crippen LogP contribution in [0.1, 0.15) is 16.7 Å². The number of hydrogen-bond acceptors (Lipinski definition) is 1. The second-order valence-electron chi connectivity index (χ2n) is 4.85. The van der Waals surface area contributed by atoms with Gasteiger partial charge in [0.05, 0.1) is 0 Å². The summed E-state index contributed by atoms with van der Waals surface area (Å²) in [5.74, 6) is 0. The molecule has 0 aromatic heterocycles. The van der Waals surface area contributed by atoms with E-state index in [0.29, 0.717) is 0 Å². The van der Waals surface area contributed by atoms with Gasteiger partial charge in [-0.2, -0.15) is 0 Å². The SMILES string of the molecule is BrCc1ccc(Br)cc1N1CCc2ccccc2C1. The van der Waals surface area contributed by atoms with E-state index in [0.717, 1.165) is 29.3 Å². The lowest BCUT2D eigenvalue weighted by Gasteiger charge is -2.32. The van der Waals surface area contributed by atoms with Gasteiger partial charge in [0, 0.05) is 28.6 Å². The number of halogens is 2. The van der Waals surface area contributed by atoms with E-state index in [4.69, 9.17) is 0 Å². The Labute approximate surface area is 130 Å². The topological polar surface area (TPSA) is 3.24 Å². The fraction of sp³-hybridized carbons (Fsp3) is 0.250. The number of rotatable bonds is 2. The highest BCUT2D eigenvalue weighted by molar-refractivity contribution is 9.10. The fourth-order valence-corrected chi connectivity index (χ4v) is 3.47. The molecule has 0 fully saturated rings. The van der Waals surface area contributed by atoms with Crippen LogP contribution in [-0.2, 0) is 18.3 Å². The summed E-state index contributed by atoms with van der Waals surface area (Å²) in [5, 5.41) is 0.897. The Balaban J connectivity index is 1.95. The molecule has 0 bridgehead atoms. The van der Waals surface area contributed by atoms with E-state index in [1.54, 1.807) is 0 Å². The standard InChI is InChI=1S/C16H15Br2N/c17-10-13-5-6-15(18)9-16(13)19-8-7-12-3-1-2-4-14(12)11-19/h1-6,9H,7-8,10-11H2. The van der Waals surface area contributed by atoms with Crippen LogP contribution in [0.3, 0.4) is 0 Å². The molecule has 0 atom stereocenters. The molecule has 0 amide bonds. The van der Waals surface area contributed by atoms with Crippen molar-refractivity contribution in [2.45, 2.75) is 18.3 Å². The van der Waals surface area contributed by atoms with Gasteiger partial charge in [-0.25, -0.2) is 0 Å². The molecule has 0 unspecified atom stereocenters. The van der Waals surface area contributed by atoms with Crippen LogP contribution in [0.25, 0.3) is 0 Å². The molecule has 1 aliphatic rings. The predicted molar refractivity (Wildman–Crippen MR) is 88.0 cm³/mol. The Bertz CT molecular complexity index is 595. The van der Waals surface area contributed by atoms with Crippen LogP contribution in [0.2, 0.25) is 0 Å². The first-order chi connectivity index (χ1) is 9.28. The van der Waals surface area contributed by atoms with Crippen molar-refractivity contribution in [2.75, 3.05) is 11.4 Å². The average Bonchev–Trinajstić information content (AvgIpc) is 2.46. The third-order valence-corrected chi connectivity index (χ3v) is 4.76. The maximum Gasteiger partial charge on any atom is 0.0432 e. The summed E-state index contributed by atoms with van der Waals surface area (Å²) < 4.78 is 1.14. The summed E-state index contributed by atoms with van der Waals surface area (Å²) >= 11 is 7.17. The summed E-state index contributed by atoms with van der Waals surface area (Å²) in [6.45, 7) is 2.10. The van der Waals surface area contributed by atoms with Gasteiger partial charge in [0.15, 0.2) is 0 Å². The normalized spacial score (nSPS) is 14.3. The number of anilines is 1. The molecule has 2 aromatic carbocycles. The number of alkyl halides is 1. The van der Waals surface area contributed by atoms with Gasteiger partial charge in [-0.3, -0.25) is 0 Å². The molecule has 0 spiro atoms. The molecule has 0 saturated carbocycles. The summed E-state index contributed by atoms with van der Waals surface area (Å²) in [7, 11) is 0. The third kappa shape index (κ3) is 2.72. The van der Waals surface area contributed by atoms with Crippen LogP contribution in [0.15, 0.2) is 46.9 Å². The monoisotopic (exact) mass is 379 g/mol. The Hall–Kier alpha value is -0.800. The van der Waals surface area contributed by atoms with Gasteiger partial charge in [0.25, 0.3) is 0 Å². The van der Waals surface area contributed by atoms with E-state index in [1.165, 1.54) is 22.4 Å². The molecule has 0 radical (unpaired) electrons. The fourth-order valence-electron chi connectivity index (χ4n) is 2.65. The van der Waals surface area contributed by atoms with Crippen molar-refractivity contribution in [2.24, 2.45) is 0 Å². The van der Waals surface area contributed by atoms with Crippen LogP contribution < -0.4 is 4.90 Å². The average molecular weight is 381 g/mol. The molecule has 1 nitrogen and oxygen atoms in total. The zero-order valence-electron chi connectivity index (χ0n) is 10.6. The molecular formula is C16H15Br2N. The highest BCUT2D eigenvalue weighted by atomic mass is 79.9. The number of hydrogen-bond donors (Lipinski definition) is 0. The Morgan fingerprint density at radius 1 is 1.05 bits per heavy atom. The van der Waals surface area contributed by atoms with E-state index in [1.807, 2.05) is 0 Å². The Kier molecular flexibility index (Phi) is 3.94. The largest absolute Gasteiger partial charge is 0.367 e. The van der Waals surface area contributed by atoms with Gasteiger partial charge in [-0.05, 0) is 35.2 Å². The summed E-state index contributed by atoms with van der Waals surface area (Å²) in [4.78, 5) is 2.48. The molecular weight excluding hydrogens is 366 g/mol. The van der Waals surface area contributed by atoms with E-state index in [-0.39, 0.29) is 0 Å². The van der Waals surface area contributed by atoms with Gasteiger partial charge in [0.1, 0.15) is 0 Å². The van der Waals surface area contributed by atoms with Crippen LogP contribution >= 0.6 is 31.9 Å². The minimum absolute atomic E-state index is 0.897. The van der Waals surface area contributed by atoms with E-state index < -0.39 is 0 Å². The van der Waals surface area contributed by atoms with Crippen molar-refractivity contribution in [1.82, 2.24) is 0 Å². The second-order valence-corrected chi connectivity index (χ2v) is 6.32. The molecule has 2 aromatic rings. The van der Waals surface area contributed by atoms with Crippen molar-refractivity contribution in [1.29, 1.82) is 0 Å².